The number of hydrogen-bond acceptors (Lipinski definition) is 6. The lowest BCUT2D eigenvalue weighted by Crippen LogP contribution is -2.44. The average molecular weight is 489 g/mol. The number of benzene rings is 1. The summed E-state index contributed by atoms with van der Waals surface area (Å²) in [6.07, 6.45) is 6.89. The highest BCUT2D eigenvalue weighted by molar-refractivity contribution is 6.21. The van der Waals surface area contributed by atoms with Crippen LogP contribution in [0.2, 0.25) is 0 Å². The maximum absolute atomic E-state index is 12.8. The molecule has 8 nitrogen and oxygen atoms in total. The van der Waals surface area contributed by atoms with Gasteiger partial charge in [-0.3, -0.25) is 24.1 Å². The van der Waals surface area contributed by atoms with Crippen LogP contribution >= 0.6 is 0 Å². The van der Waals surface area contributed by atoms with E-state index in [2.05, 4.69) is 0 Å². The summed E-state index contributed by atoms with van der Waals surface area (Å²) in [4.78, 5) is 51.0. The van der Waals surface area contributed by atoms with Gasteiger partial charge < -0.3 is 15.6 Å². The van der Waals surface area contributed by atoms with E-state index in [0.29, 0.717) is 6.04 Å². The van der Waals surface area contributed by atoms with Gasteiger partial charge >= 0.3 is 11.9 Å². The van der Waals surface area contributed by atoms with E-state index < -0.39 is 41.2 Å². The predicted molar refractivity (Wildman–Crippen MR) is 133 cm³/mol. The number of fused-ring (bicyclic) bond motifs is 1. The van der Waals surface area contributed by atoms with E-state index in [1.807, 2.05) is 13.8 Å². The zero-order valence-electron chi connectivity index (χ0n) is 21.6. The Morgan fingerprint density at radius 1 is 1.03 bits per heavy atom. The largest absolute Gasteiger partial charge is 0.481 e. The predicted octanol–water partition coefficient (Wildman–Crippen LogP) is 4.27. The third-order valence-corrected chi connectivity index (χ3v) is 6.15. The van der Waals surface area contributed by atoms with E-state index >= 15 is 0 Å². The molecular weight excluding hydrogens is 448 g/mol. The van der Waals surface area contributed by atoms with Gasteiger partial charge in [0.15, 0.2) is 0 Å². The molecule has 2 atom stereocenters. The number of carboxylic acids is 1. The van der Waals surface area contributed by atoms with E-state index in [1.54, 1.807) is 45.0 Å². The monoisotopic (exact) mass is 488 g/mol. The zero-order chi connectivity index (χ0) is 26.3. The summed E-state index contributed by atoms with van der Waals surface area (Å²) < 4.78 is 5.42. The van der Waals surface area contributed by atoms with Gasteiger partial charge in [-0.25, -0.2) is 0 Å². The van der Waals surface area contributed by atoms with Crippen molar-refractivity contribution in [3.8, 4) is 0 Å². The molecule has 0 saturated heterocycles. The number of carboxylic acid groups (broad SMARTS) is 1. The van der Waals surface area contributed by atoms with Crippen molar-refractivity contribution in [3.63, 3.8) is 0 Å². The number of esters is 1. The van der Waals surface area contributed by atoms with Crippen molar-refractivity contribution >= 4 is 23.8 Å². The molecule has 1 fully saturated rings. The molecule has 3 N–H and O–H groups in total. The second-order valence-corrected chi connectivity index (χ2v) is 10.9. The fraction of sp³-hybridized carbons (Fsp3) is 0.630. The van der Waals surface area contributed by atoms with Crippen LogP contribution in [0, 0.1) is 17.8 Å². The number of hydrogen-bond donors (Lipinski definition) is 2. The number of aliphatic carboxylic acids is 1. The van der Waals surface area contributed by atoms with Crippen LogP contribution in [-0.4, -0.2) is 51.9 Å². The molecule has 8 heteroatoms. The molecule has 1 aromatic rings. The summed E-state index contributed by atoms with van der Waals surface area (Å²) in [7, 11) is 0. The Hall–Kier alpha value is -2.74. The number of nitrogens with zero attached hydrogens (tertiary/aromatic N) is 1. The Labute approximate surface area is 208 Å². The molecule has 35 heavy (non-hydrogen) atoms. The first-order valence-electron chi connectivity index (χ1n) is 12.5. The summed E-state index contributed by atoms with van der Waals surface area (Å²) in [6.45, 7) is 8.42. The van der Waals surface area contributed by atoms with Crippen LogP contribution in [0.5, 0.6) is 0 Å². The van der Waals surface area contributed by atoms with Crippen LogP contribution in [0.3, 0.4) is 0 Å². The second kappa shape index (κ2) is 12.3. The number of rotatable bonds is 7. The molecule has 1 heterocycles. The summed E-state index contributed by atoms with van der Waals surface area (Å²) in [5.74, 6) is -5.14. The molecule has 0 spiro atoms. The van der Waals surface area contributed by atoms with Gasteiger partial charge in [-0.05, 0) is 58.1 Å². The van der Waals surface area contributed by atoms with Crippen molar-refractivity contribution in [2.24, 2.45) is 23.5 Å². The highest BCUT2D eigenvalue weighted by Crippen LogP contribution is 2.29. The number of amides is 2. The normalized spacial score (nSPS) is 18.0. The highest BCUT2D eigenvalue weighted by atomic mass is 16.6. The van der Waals surface area contributed by atoms with Gasteiger partial charge in [-0.15, -0.1) is 0 Å². The minimum atomic E-state index is -1.15. The van der Waals surface area contributed by atoms with Crippen LogP contribution in [0.4, 0.5) is 0 Å². The SMILES string of the molecule is CC(C)CC(C(=O)O)C(CN1C(=O)c2ccccc2C1=O)C(=O)OC(C)(C)C.NC1CCCCC1. The maximum Gasteiger partial charge on any atom is 0.312 e. The van der Waals surface area contributed by atoms with Crippen molar-refractivity contribution in [2.45, 2.75) is 84.8 Å². The van der Waals surface area contributed by atoms with Crippen molar-refractivity contribution < 1.29 is 29.0 Å². The molecule has 194 valence electrons. The first-order valence-corrected chi connectivity index (χ1v) is 12.5. The quantitative estimate of drug-likeness (QED) is 0.433. The minimum absolute atomic E-state index is 0.00761. The molecule has 0 radical (unpaired) electrons. The van der Waals surface area contributed by atoms with E-state index in [9.17, 15) is 24.3 Å². The molecular formula is C27H40N2O6. The standard InChI is InChI=1S/C21H27NO6.C6H13N/c1-12(2)10-15(19(25)26)16(20(27)28-21(3,4)5)11-22-17(23)13-8-6-7-9-14(13)18(22)24;7-6-4-2-1-3-5-6/h6-9,12,15-16H,10-11H2,1-5H3,(H,25,26);6H,1-5,7H2. The van der Waals surface area contributed by atoms with E-state index in [-0.39, 0.29) is 30.0 Å². The van der Waals surface area contributed by atoms with Gasteiger partial charge in [-0.1, -0.05) is 45.2 Å². The molecule has 0 bridgehead atoms. The van der Waals surface area contributed by atoms with Crippen molar-refractivity contribution in [1.82, 2.24) is 4.90 Å². The van der Waals surface area contributed by atoms with Crippen molar-refractivity contribution in [1.29, 1.82) is 0 Å². The summed E-state index contributed by atoms with van der Waals surface area (Å²) >= 11 is 0. The Kier molecular flexibility index (Phi) is 10.0. The Balaban J connectivity index is 0.000000527. The van der Waals surface area contributed by atoms with Crippen LogP contribution in [-0.2, 0) is 14.3 Å². The highest BCUT2D eigenvalue weighted by Gasteiger charge is 2.43. The Morgan fingerprint density at radius 3 is 1.91 bits per heavy atom. The molecule has 1 aliphatic carbocycles. The second-order valence-electron chi connectivity index (χ2n) is 10.9. The molecule has 2 unspecified atom stereocenters. The molecule has 3 rings (SSSR count). The summed E-state index contributed by atoms with van der Waals surface area (Å²) in [6, 6.07) is 6.92. The van der Waals surface area contributed by atoms with Crippen LogP contribution < -0.4 is 5.73 Å². The van der Waals surface area contributed by atoms with E-state index in [1.165, 1.54) is 32.1 Å². The van der Waals surface area contributed by atoms with Gasteiger partial charge in [0.2, 0.25) is 0 Å². The Bertz CT molecular complexity index is 879. The lowest BCUT2D eigenvalue weighted by molar-refractivity contribution is -0.167. The molecule has 1 saturated carbocycles. The third kappa shape index (κ3) is 8.16. The number of imide groups is 1. The molecule has 2 amide bonds. The van der Waals surface area contributed by atoms with Crippen LogP contribution in [0.1, 0.15) is 93.9 Å². The first kappa shape index (κ1) is 28.5. The van der Waals surface area contributed by atoms with Gasteiger partial charge in [0.1, 0.15) is 5.60 Å². The minimum Gasteiger partial charge on any atom is -0.481 e. The van der Waals surface area contributed by atoms with Crippen molar-refractivity contribution in [2.75, 3.05) is 6.54 Å². The van der Waals surface area contributed by atoms with Gasteiger partial charge in [0.25, 0.3) is 11.8 Å². The van der Waals surface area contributed by atoms with Gasteiger partial charge in [0.05, 0.1) is 23.0 Å². The Morgan fingerprint density at radius 2 is 1.54 bits per heavy atom. The maximum atomic E-state index is 12.8. The fourth-order valence-corrected chi connectivity index (χ4v) is 4.42. The fourth-order valence-electron chi connectivity index (χ4n) is 4.42. The number of nitrogens with two attached hydrogens (primary N) is 1. The smallest absolute Gasteiger partial charge is 0.312 e. The van der Waals surface area contributed by atoms with Crippen LogP contribution in [0.15, 0.2) is 24.3 Å². The topological polar surface area (TPSA) is 127 Å². The van der Waals surface area contributed by atoms with Gasteiger partial charge in [-0.2, -0.15) is 0 Å². The summed E-state index contributed by atoms with van der Waals surface area (Å²) in [5.41, 5.74) is 5.32. The number of ether oxygens (including phenoxy) is 1. The van der Waals surface area contributed by atoms with Crippen molar-refractivity contribution in [3.05, 3.63) is 35.4 Å². The molecule has 1 aliphatic heterocycles. The number of carbonyl (C=O) groups is 4. The zero-order valence-corrected chi connectivity index (χ0v) is 21.6. The first-order chi connectivity index (χ1) is 16.3. The van der Waals surface area contributed by atoms with Crippen LogP contribution in [0.25, 0.3) is 0 Å². The summed E-state index contributed by atoms with van der Waals surface area (Å²) in [5, 5.41) is 9.72. The lowest BCUT2D eigenvalue weighted by atomic mass is 9.84. The molecule has 0 aromatic heterocycles. The number of carbonyl (C=O) groups excluding carboxylic acids is 3. The third-order valence-electron chi connectivity index (χ3n) is 6.15. The van der Waals surface area contributed by atoms with E-state index in [0.717, 1.165) is 4.90 Å². The van der Waals surface area contributed by atoms with Gasteiger partial charge in [0, 0.05) is 12.6 Å². The molecule has 1 aromatic carbocycles. The average Bonchev–Trinajstić information content (AvgIpc) is 3.00. The lowest BCUT2D eigenvalue weighted by Gasteiger charge is -2.30. The van der Waals surface area contributed by atoms with E-state index in [4.69, 9.17) is 10.5 Å². The molecule has 2 aliphatic rings.